The fourth-order valence-electron chi connectivity index (χ4n) is 1.27. The second kappa shape index (κ2) is 5.57. The number of anilines is 1. The van der Waals surface area contributed by atoms with Gasteiger partial charge < -0.3 is 5.32 Å². The third-order valence-corrected chi connectivity index (χ3v) is 2.10. The van der Waals surface area contributed by atoms with Crippen LogP contribution in [0.25, 0.3) is 0 Å². The van der Waals surface area contributed by atoms with E-state index in [1.165, 1.54) is 24.9 Å². The zero-order valence-electron chi connectivity index (χ0n) is 8.51. The molecule has 0 amide bonds. The van der Waals surface area contributed by atoms with Gasteiger partial charge in [0.1, 0.15) is 0 Å². The molecular formula is C11H18N2. The lowest BCUT2D eigenvalue weighted by molar-refractivity contribution is 0.743. The molecule has 0 radical (unpaired) electrons. The third-order valence-electron chi connectivity index (χ3n) is 2.10. The van der Waals surface area contributed by atoms with Crippen LogP contribution in [0.3, 0.4) is 0 Å². The van der Waals surface area contributed by atoms with E-state index in [0.717, 1.165) is 12.2 Å². The Kier molecular flexibility index (Phi) is 4.30. The lowest BCUT2D eigenvalue weighted by Crippen LogP contribution is -2.03. The topological polar surface area (TPSA) is 24.9 Å². The van der Waals surface area contributed by atoms with Crippen LogP contribution in [-0.2, 0) is 0 Å². The summed E-state index contributed by atoms with van der Waals surface area (Å²) in [5, 5.41) is 3.39. The smallest absolute Gasteiger partial charge is 0.0603 e. The maximum atomic E-state index is 4.22. The van der Waals surface area contributed by atoms with Crippen molar-refractivity contribution >= 4 is 5.69 Å². The number of nitrogens with zero attached hydrogens (tertiary/aromatic N) is 1. The van der Waals surface area contributed by atoms with Crippen molar-refractivity contribution in [3.05, 3.63) is 24.0 Å². The van der Waals surface area contributed by atoms with Gasteiger partial charge >= 0.3 is 0 Å². The molecular weight excluding hydrogens is 160 g/mol. The predicted octanol–water partition coefficient (Wildman–Crippen LogP) is 2.99. The van der Waals surface area contributed by atoms with E-state index in [0.29, 0.717) is 0 Å². The molecule has 0 bridgehead atoms. The second-order valence-corrected chi connectivity index (χ2v) is 3.27. The molecule has 0 spiro atoms. The Hall–Kier alpha value is -1.05. The van der Waals surface area contributed by atoms with Gasteiger partial charge in [-0.3, -0.25) is 4.98 Å². The Morgan fingerprint density at radius 2 is 2.23 bits per heavy atom. The maximum Gasteiger partial charge on any atom is 0.0603 e. The van der Waals surface area contributed by atoms with E-state index < -0.39 is 0 Å². The summed E-state index contributed by atoms with van der Waals surface area (Å²) in [6.45, 7) is 5.30. The minimum atomic E-state index is 1.06. The highest BCUT2D eigenvalue weighted by Gasteiger charge is 1.95. The Bertz CT molecular complexity index is 246. The third kappa shape index (κ3) is 3.45. The Morgan fingerprint density at radius 3 is 2.92 bits per heavy atom. The van der Waals surface area contributed by atoms with Crippen molar-refractivity contribution in [2.75, 3.05) is 11.9 Å². The molecule has 1 aromatic rings. The standard InChI is InChI=1S/C11H18N2/c1-3-4-5-8-13-11-7-6-9-12-10(11)2/h6-7,9,13H,3-5,8H2,1-2H3. The molecule has 13 heavy (non-hydrogen) atoms. The van der Waals surface area contributed by atoms with Crippen LogP contribution >= 0.6 is 0 Å². The minimum Gasteiger partial charge on any atom is -0.384 e. The number of pyridine rings is 1. The van der Waals surface area contributed by atoms with Gasteiger partial charge in [0.05, 0.1) is 11.4 Å². The fraction of sp³-hybridized carbons (Fsp3) is 0.545. The van der Waals surface area contributed by atoms with E-state index in [1.54, 1.807) is 0 Å². The van der Waals surface area contributed by atoms with Crippen LogP contribution in [0.1, 0.15) is 31.9 Å². The summed E-state index contributed by atoms with van der Waals surface area (Å²) in [5.41, 5.74) is 2.25. The summed E-state index contributed by atoms with van der Waals surface area (Å²) in [6, 6.07) is 4.05. The Morgan fingerprint density at radius 1 is 1.38 bits per heavy atom. The molecule has 1 rings (SSSR count). The zero-order chi connectivity index (χ0) is 9.52. The Balaban J connectivity index is 2.32. The molecule has 0 saturated carbocycles. The number of nitrogens with one attached hydrogen (secondary N) is 1. The lowest BCUT2D eigenvalue weighted by atomic mass is 10.2. The summed E-state index contributed by atoms with van der Waals surface area (Å²) in [7, 11) is 0. The molecule has 0 aliphatic rings. The van der Waals surface area contributed by atoms with Crippen LogP contribution in [-0.4, -0.2) is 11.5 Å². The number of rotatable bonds is 5. The van der Waals surface area contributed by atoms with Crippen LogP contribution in [0.4, 0.5) is 5.69 Å². The fourth-order valence-corrected chi connectivity index (χ4v) is 1.27. The molecule has 1 N–H and O–H groups in total. The average Bonchev–Trinajstić information content (AvgIpc) is 2.15. The normalized spacial score (nSPS) is 10.0. The van der Waals surface area contributed by atoms with Crippen molar-refractivity contribution in [1.82, 2.24) is 4.98 Å². The van der Waals surface area contributed by atoms with Gasteiger partial charge in [-0.2, -0.15) is 0 Å². The van der Waals surface area contributed by atoms with Crippen molar-refractivity contribution < 1.29 is 0 Å². The first kappa shape index (κ1) is 10.0. The van der Waals surface area contributed by atoms with E-state index >= 15 is 0 Å². The zero-order valence-corrected chi connectivity index (χ0v) is 8.51. The van der Waals surface area contributed by atoms with Crippen molar-refractivity contribution in [1.29, 1.82) is 0 Å². The first-order valence-corrected chi connectivity index (χ1v) is 5.00. The molecule has 2 nitrogen and oxygen atoms in total. The largest absolute Gasteiger partial charge is 0.384 e. The van der Waals surface area contributed by atoms with Crippen LogP contribution < -0.4 is 5.32 Å². The number of aryl methyl sites for hydroxylation is 1. The molecule has 0 aliphatic carbocycles. The average molecular weight is 178 g/mol. The summed E-state index contributed by atoms with van der Waals surface area (Å²) in [5.74, 6) is 0. The molecule has 0 unspecified atom stereocenters. The molecule has 0 atom stereocenters. The van der Waals surface area contributed by atoms with Gasteiger partial charge in [0.15, 0.2) is 0 Å². The van der Waals surface area contributed by atoms with Crippen LogP contribution in [0.2, 0.25) is 0 Å². The van der Waals surface area contributed by atoms with E-state index in [9.17, 15) is 0 Å². The highest BCUT2D eigenvalue weighted by Crippen LogP contribution is 2.10. The summed E-state index contributed by atoms with van der Waals surface area (Å²) in [4.78, 5) is 4.22. The number of hydrogen-bond acceptors (Lipinski definition) is 2. The van der Waals surface area contributed by atoms with Crippen molar-refractivity contribution in [3.8, 4) is 0 Å². The summed E-state index contributed by atoms with van der Waals surface area (Å²) >= 11 is 0. The number of aromatic nitrogens is 1. The van der Waals surface area contributed by atoms with Gasteiger partial charge in [0, 0.05) is 12.7 Å². The van der Waals surface area contributed by atoms with E-state index in [2.05, 4.69) is 23.3 Å². The minimum absolute atomic E-state index is 1.06. The SMILES string of the molecule is CCCCCNc1cccnc1C. The highest BCUT2D eigenvalue weighted by molar-refractivity contribution is 5.46. The van der Waals surface area contributed by atoms with Crippen LogP contribution in [0.5, 0.6) is 0 Å². The first-order chi connectivity index (χ1) is 6.34. The molecule has 2 heteroatoms. The quantitative estimate of drug-likeness (QED) is 0.701. The predicted molar refractivity (Wildman–Crippen MR) is 57.0 cm³/mol. The van der Waals surface area contributed by atoms with E-state index in [-0.39, 0.29) is 0 Å². The van der Waals surface area contributed by atoms with Crippen molar-refractivity contribution in [2.45, 2.75) is 33.1 Å². The van der Waals surface area contributed by atoms with Gasteiger partial charge in [-0.15, -0.1) is 0 Å². The lowest BCUT2D eigenvalue weighted by Gasteiger charge is -2.07. The molecule has 0 fully saturated rings. The summed E-state index contributed by atoms with van der Waals surface area (Å²) < 4.78 is 0. The molecule has 1 aromatic heterocycles. The molecule has 1 heterocycles. The molecule has 0 aromatic carbocycles. The van der Waals surface area contributed by atoms with Gasteiger partial charge in [0.2, 0.25) is 0 Å². The van der Waals surface area contributed by atoms with Crippen molar-refractivity contribution in [2.24, 2.45) is 0 Å². The number of hydrogen-bond donors (Lipinski definition) is 1. The van der Waals surface area contributed by atoms with Crippen LogP contribution in [0, 0.1) is 6.92 Å². The second-order valence-electron chi connectivity index (χ2n) is 3.27. The van der Waals surface area contributed by atoms with Crippen molar-refractivity contribution in [3.63, 3.8) is 0 Å². The maximum absolute atomic E-state index is 4.22. The van der Waals surface area contributed by atoms with Gasteiger partial charge in [-0.25, -0.2) is 0 Å². The monoisotopic (exact) mass is 178 g/mol. The van der Waals surface area contributed by atoms with E-state index in [1.807, 2.05) is 19.2 Å². The summed E-state index contributed by atoms with van der Waals surface area (Å²) in [6.07, 6.45) is 5.64. The highest BCUT2D eigenvalue weighted by atomic mass is 14.9. The van der Waals surface area contributed by atoms with Gasteiger partial charge in [0.25, 0.3) is 0 Å². The van der Waals surface area contributed by atoms with E-state index in [4.69, 9.17) is 0 Å². The Labute approximate surface area is 80.4 Å². The molecule has 72 valence electrons. The number of unbranched alkanes of at least 4 members (excludes halogenated alkanes) is 2. The van der Waals surface area contributed by atoms with Gasteiger partial charge in [-0.05, 0) is 25.5 Å². The molecule has 0 saturated heterocycles. The van der Waals surface area contributed by atoms with Gasteiger partial charge in [-0.1, -0.05) is 19.8 Å². The molecule has 0 aliphatic heterocycles. The first-order valence-electron chi connectivity index (χ1n) is 5.00. The van der Waals surface area contributed by atoms with Crippen LogP contribution in [0.15, 0.2) is 18.3 Å².